The number of carbonyl (C=O) groups excluding carboxylic acids is 1. The van der Waals surface area contributed by atoms with Crippen LogP contribution in [0.3, 0.4) is 0 Å². The summed E-state index contributed by atoms with van der Waals surface area (Å²) in [7, 11) is 0. The van der Waals surface area contributed by atoms with Crippen LogP contribution < -0.4 is 19.7 Å². The summed E-state index contributed by atoms with van der Waals surface area (Å²) in [6.45, 7) is 1.68. The predicted molar refractivity (Wildman–Crippen MR) is 110 cm³/mol. The molecule has 0 spiro atoms. The van der Waals surface area contributed by atoms with E-state index in [1.165, 1.54) is 6.07 Å². The maximum atomic E-state index is 13.1. The number of aromatic nitrogens is 4. The van der Waals surface area contributed by atoms with Gasteiger partial charge in [0.15, 0.2) is 17.1 Å². The molecule has 174 valence electrons. The van der Waals surface area contributed by atoms with E-state index in [0.717, 1.165) is 0 Å². The van der Waals surface area contributed by atoms with Crippen LogP contribution in [-0.4, -0.2) is 58.1 Å². The lowest BCUT2D eigenvalue weighted by atomic mass is 9.96. The number of para-hydroxylation sites is 2. The highest BCUT2D eigenvalue weighted by molar-refractivity contribution is 5.79. The molecule has 1 amide bonds. The van der Waals surface area contributed by atoms with E-state index >= 15 is 0 Å². The molecule has 9 nitrogen and oxygen atoms in total. The van der Waals surface area contributed by atoms with Crippen molar-refractivity contribution in [2.24, 2.45) is 5.92 Å². The number of halogens is 3. The fourth-order valence-corrected chi connectivity index (χ4v) is 4.02. The summed E-state index contributed by atoms with van der Waals surface area (Å²) >= 11 is 0. The number of rotatable bonds is 4. The number of fused-ring (bicyclic) bond motifs is 2. The van der Waals surface area contributed by atoms with Gasteiger partial charge in [-0.05, 0) is 37.1 Å². The minimum absolute atomic E-state index is 0.0249. The van der Waals surface area contributed by atoms with E-state index in [-0.39, 0.29) is 23.6 Å². The summed E-state index contributed by atoms with van der Waals surface area (Å²) in [5.41, 5.74) is 0.0249. The normalized spacial score (nSPS) is 19.0. The van der Waals surface area contributed by atoms with Gasteiger partial charge in [-0.3, -0.25) is 4.79 Å². The molecule has 0 aliphatic carbocycles. The van der Waals surface area contributed by atoms with E-state index in [2.05, 4.69) is 20.6 Å². The molecule has 2 aliphatic rings. The lowest BCUT2D eigenvalue weighted by molar-refractivity contribution is -0.146. The molecule has 2 aliphatic heterocycles. The monoisotopic (exact) mass is 462 g/mol. The predicted octanol–water partition coefficient (Wildman–Crippen LogP) is 2.32. The minimum atomic E-state index is -4.65. The first kappa shape index (κ1) is 21.3. The Morgan fingerprint density at radius 3 is 2.61 bits per heavy atom. The summed E-state index contributed by atoms with van der Waals surface area (Å²) < 4.78 is 51.5. The fraction of sp³-hybridized carbons (Fsp3) is 0.429. The van der Waals surface area contributed by atoms with Crippen LogP contribution in [0.2, 0.25) is 0 Å². The first-order chi connectivity index (χ1) is 15.9. The largest absolute Gasteiger partial charge is 0.486 e. The van der Waals surface area contributed by atoms with Crippen molar-refractivity contribution in [1.82, 2.24) is 25.1 Å². The highest BCUT2D eigenvalue weighted by Crippen LogP contribution is 2.31. The van der Waals surface area contributed by atoms with Gasteiger partial charge in [-0.2, -0.15) is 17.7 Å². The van der Waals surface area contributed by atoms with Crippen molar-refractivity contribution in [2.45, 2.75) is 25.1 Å². The number of carbonyl (C=O) groups is 1. The van der Waals surface area contributed by atoms with E-state index in [0.29, 0.717) is 60.9 Å². The number of hydrogen-bond donors (Lipinski definition) is 1. The SMILES string of the molecule is O=C(NCC1COc2ccccc2O1)C1CCN(c2ccc3nnc(C(F)(F)F)n3n2)CC1. The zero-order valence-electron chi connectivity index (χ0n) is 17.5. The van der Waals surface area contributed by atoms with Gasteiger partial charge in [0.05, 0.1) is 6.54 Å². The standard InChI is InChI=1S/C21H21F3N6O3/c22-21(23,24)20-27-26-17-5-6-18(28-30(17)20)29-9-7-13(8-10-29)19(31)25-11-14-12-32-15-3-1-2-4-16(15)33-14/h1-6,13-14H,7-12H2,(H,25,31). The fourth-order valence-electron chi connectivity index (χ4n) is 4.02. The molecule has 0 bridgehead atoms. The van der Waals surface area contributed by atoms with Crippen LogP contribution in [-0.2, 0) is 11.0 Å². The van der Waals surface area contributed by atoms with E-state index in [4.69, 9.17) is 9.47 Å². The van der Waals surface area contributed by atoms with Gasteiger partial charge in [0.1, 0.15) is 18.5 Å². The summed E-state index contributed by atoms with van der Waals surface area (Å²) in [5.74, 6) is 0.306. The quantitative estimate of drug-likeness (QED) is 0.636. The van der Waals surface area contributed by atoms with Crippen molar-refractivity contribution < 1.29 is 27.4 Å². The molecule has 0 radical (unpaired) electrons. The minimum Gasteiger partial charge on any atom is -0.486 e. The Balaban J connectivity index is 1.15. The highest BCUT2D eigenvalue weighted by Gasteiger charge is 2.38. The third kappa shape index (κ3) is 4.37. The van der Waals surface area contributed by atoms with Crippen LogP contribution >= 0.6 is 0 Å². The van der Waals surface area contributed by atoms with Gasteiger partial charge in [-0.25, -0.2) is 0 Å². The van der Waals surface area contributed by atoms with Gasteiger partial charge in [0.2, 0.25) is 5.91 Å². The maximum absolute atomic E-state index is 13.1. The Morgan fingerprint density at radius 1 is 1.09 bits per heavy atom. The van der Waals surface area contributed by atoms with Crippen molar-refractivity contribution in [1.29, 1.82) is 0 Å². The first-order valence-electron chi connectivity index (χ1n) is 10.6. The number of anilines is 1. The van der Waals surface area contributed by atoms with E-state index in [1.807, 2.05) is 29.2 Å². The first-order valence-corrected chi connectivity index (χ1v) is 10.6. The molecule has 5 rings (SSSR count). The molecule has 1 aromatic carbocycles. The van der Waals surface area contributed by atoms with Crippen molar-refractivity contribution >= 4 is 17.4 Å². The summed E-state index contributed by atoms with van der Waals surface area (Å²) in [6, 6.07) is 10.4. The molecule has 1 N–H and O–H groups in total. The number of piperidine rings is 1. The van der Waals surface area contributed by atoms with Crippen LogP contribution in [0, 0.1) is 5.92 Å². The van der Waals surface area contributed by atoms with Gasteiger partial charge in [0.25, 0.3) is 5.82 Å². The van der Waals surface area contributed by atoms with Crippen LogP contribution in [0.25, 0.3) is 5.65 Å². The zero-order chi connectivity index (χ0) is 23.0. The van der Waals surface area contributed by atoms with Crippen molar-refractivity contribution in [3.05, 3.63) is 42.2 Å². The molecule has 1 unspecified atom stereocenters. The molecular formula is C21H21F3N6O3. The zero-order valence-corrected chi connectivity index (χ0v) is 17.5. The highest BCUT2D eigenvalue weighted by atomic mass is 19.4. The second kappa shape index (κ2) is 8.41. The van der Waals surface area contributed by atoms with Gasteiger partial charge < -0.3 is 19.7 Å². The molecule has 2 aromatic heterocycles. The number of ether oxygens (including phenoxy) is 2. The lowest BCUT2D eigenvalue weighted by Gasteiger charge is -2.32. The molecule has 3 aromatic rings. The summed E-state index contributed by atoms with van der Waals surface area (Å²) in [5, 5.41) is 13.7. The molecular weight excluding hydrogens is 441 g/mol. The Hall–Kier alpha value is -3.57. The van der Waals surface area contributed by atoms with Crippen LogP contribution in [0.15, 0.2) is 36.4 Å². The van der Waals surface area contributed by atoms with Crippen molar-refractivity contribution in [2.75, 3.05) is 31.1 Å². The van der Waals surface area contributed by atoms with Crippen molar-refractivity contribution in [3.8, 4) is 11.5 Å². The molecule has 33 heavy (non-hydrogen) atoms. The average Bonchev–Trinajstić information content (AvgIpc) is 3.26. The van der Waals surface area contributed by atoms with Gasteiger partial charge in [-0.1, -0.05) is 12.1 Å². The van der Waals surface area contributed by atoms with E-state index in [9.17, 15) is 18.0 Å². The smallest absolute Gasteiger partial charge is 0.453 e. The number of nitrogens with one attached hydrogen (secondary N) is 1. The summed E-state index contributed by atoms with van der Waals surface area (Å²) in [4.78, 5) is 14.5. The number of alkyl halides is 3. The molecule has 4 heterocycles. The van der Waals surface area contributed by atoms with Crippen LogP contribution in [0.5, 0.6) is 11.5 Å². The van der Waals surface area contributed by atoms with Crippen molar-refractivity contribution in [3.63, 3.8) is 0 Å². The maximum Gasteiger partial charge on any atom is 0.453 e. The molecule has 1 saturated heterocycles. The number of hydrogen-bond acceptors (Lipinski definition) is 7. The van der Waals surface area contributed by atoms with Gasteiger partial charge >= 0.3 is 6.18 Å². The molecule has 1 atom stereocenters. The van der Waals surface area contributed by atoms with Gasteiger partial charge in [0, 0.05) is 19.0 Å². The third-order valence-electron chi connectivity index (χ3n) is 5.76. The topological polar surface area (TPSA) is 93.9 Å². The van der Waals surface area contributed by atoms with E-state index < -0.39 is 12.0 Å². The Kier molecular flexibility index (Phi) is 5.43. The average molecular weight is 462 g/mol. The Morgan fingerprint density at radius 2 is 1.85 bits per heavy atom. The Bertz CT molecular complexity index is 1160. The summed E-state index contributed by atoms with van der Waals surface area (Å²) in [6.07, 6.45) is -3.80. The number of nitrogens with zero attached hydrogens (tertiary/aromatic N) is 5. The lowest BCUT2D eigenvalue weighted by Crippen LogP contribution is -2.45. The van der Waals surface area contributed by atoms with E-state index in [1.54, 1.807) is 6.07 Å². The molecule has 12 heteroatoms. The number of amides is 1. The Labute approximate surface area is 186 Å². The molecule has 0 saturated carbocycles. The van der Waals surface area contributed by atoms with Crippen LogP contribution in [0.4, 0.5) is 19.0 Å². The molecule has 1 fully saturated rings. The number of benzene rings is 1. The van der Waals surface area contributed by atoms with Crippen LogP contribution in [0.1, 0.15) is 18.7 Å². The van der Waals surface area contributed by atoms with Gasteiger partial charge in [-0.15, -0.1) is 15.3 Å². The third-order valence-corrected chi connectivity index (χ3v) is 5.76. The second-order valence-corrected chi connectivity index (χ2v) is 7.99. The second-order valence-electron chi connectivity index (χ2n) is 7.99.